The number of carbonyl (C=O) groups is 1. The van der Waals surface area contributed by atoms with Crippen molar-refractivity contribution in [2.75, 3.05) is 6.61 Å². The van der Waals surface area contributed by atoms with Crippen molar-refractivity contribution < 1.29 is 36.9 Å². The zero-order valence-corrected chi connectivity index (χ0v) is 16.0. The molecule has 1 unspecified atom stereocenters. The van der Waals surface area contributed by atoms with E-state index in [0.717, 1.165) is 6.92 Å². The fraction of sp³-hybridized carbons (Fsp3) is 0.368. The van der Waals surface area contributed by atoms with E-state index >= 15 is 0 Å². The summed E-state index contributed by atoms with van der Waals surface area (Å²) in [6, 6.07) is 9.57. The number of alkyl halides is 3. The van der Waals surface area contributed by atoms with Crippen LogP contribution < -0.4 is 19.9 Å². The third-order valence-corrected chi connectivity index (χ3v) is 3.21. The maximum atomic E-state index is 12.2. The van der Waals surface area contributed by atoms with Crippen molar-refractivity contribution in [2.45, 2.75) is 38.8 Å². The SMILES string of the molecule is CC(C)Oc1ccc(Oc2ccc(OCC(C)(N)OC(=O)C(F)(F)F)cc2)nc1. The first-order chi connectivity index (χ1) is 13.4. The summed E-state index contributed by atoms with van der Waals surface area (Å²) < 4.78 is 57.3. The first kappa shape index (κ1) is 22.3. The number of benzene rings is 1. The Morgan fingerprint density at radius 2 is 1.66 bits per heavy atom. The molecular weight excluding hydrogens is 393 g/mol. The lowest BCUT2D eigenvalue weighted by Crippen LogP contribution is -2.49. The van der Waals surface area contributed by atoms with E-state index in [9.17, 15) is 18.0 Å². The molecule has 1 atom stereocenters. The molecule has 29 heavy (non-hydrogen) atoms. The van der Waals surface area contributed by atoms with E-state index < -0.39 is 24.5 Å². The maximum Gasteiger partial charge on any atom is 0.490 e. The van der Waals surface area contributed by atoms with Gasteiger partial charge in [-0.3, -0.25) is 5.73 Å². The number of aromatic nitrogens is 1. The van der Waals surface area contributed by atoms with Gasteiger partial charge in [-0.2, -0.15) is 13.2 Å². The van der Waals surface area contributed by atoms with Gasteiger partial charge in [-0.05, 0) is 51.1 Å². The molecule has 0 saturated heterocycles. The molecule has 2 N–H and O–H groups in total. The number of carbonyl (C=O) groups excluding carboxylic acids is 1. The molecule has 0 amide bonds. The Morgan fingerprint density at radius 3 is 2.17 bits per heavy atom. The van der Waals surface area contributed by atoms with Crippen molar-refractivity contribution in [1.82, 2.24) is 4.98 Å². The van der Waals surface area contributed by atoms with Gasteiger partial charge in [-0.15, -0.1) is 0 Å². The standard InChI is InChI=1S/C19H21F3N2O5/c1-12(2)27-15-8-9-16(24-10-15)28-14-6-4-13(5-7-14)26-11-18(3,23)29-17(25)19(20,21)22/h4-10,12H,11,23H2,1-3H3. The minimum absolute atomic E-state index is 0.0310. The van der Waals surface area contributed by atoms with Gasteiger partial charge in [-0.25, -0.2) is 9.78 Å². The fourth-order valence-electron chi connectivity index (χ4n) is 2.02. The Balaban J connectivity index is 1.89. The molecule has 0 saturated carbocycles. The number of ether oxygens (including phenoxy) is 4. The molecule has 1 aromatic carbocycles. The first-order valence-electron chi connectivity index (χ1n) is 8.57. The van der Waals surface area contributed by atoms with E-state index in [4.69, 9.17) is 19.9 Å². The third kappa shape index (κ3) is 7.49. The van der Waals surface area contributed by atoms with Crippen LogP contribution in [-0.2, 0) is 9.53 Å². The van der Waals surface area contributed by atoms with Gasteiger partial charge in [0.15, 0.2) is 5.72 Å². The van der Waals surface area contributed by atoms with Gasteiger partial charge in [0.1, 0.15) is 23.9 Å². The Kier molecular flexibility index (Phi) is 6.91. The van der Waals surface area contributed by atoms with Gasteiger partial charge in [0.2, 0.25) is 5.88 Å². The summed E-state index contributed by atoms with van der Waals surface area (Å²) in [7, 11) is 0. The Hall–Kier alpha value is -3.01. The number of nitrogens with zero attached hydrogens (tertiary/aromatic N) is 1. The number of pyridine rings is 1. The van der Waals surface area contributed by atoms with Gasteiger partial charge in [0, 0.05) is 6.07 Å². The summed E-state index contributed by atoms with van der Waals surface area (Å²) in [6.07, 6.45) is -3.56. The molecule has 0 fully saturated rings. The van der Waals surface area contributed by atoms with E-state index in [-0.39, 0.29) is 6.10 Å². The average Bonchev–Trinajstić information content (AvgIpc) is 2.61. The van der Waals surface area contributed by atoms with Gasteiger partial charge >= 0.3 is 12.1 Å². The van der Waals surface area contributed by atoms with Crippen LogP contribution in [-0.4, -0.2) is 35.6 Å². The molecular formula is C19H21F3N2O5. The molecule has 0 aliphatic rings. The first-order valence-corrected chi connectivity index (χ1v) is 8.57. The minimum atomic E-state index is -5.13. The molecule has 2 rings (SSSR count). The highest BCUT2D eigenvalue weighted by Gasteiger charge is 2.44. The van der Waals surface area contributed by atoms with Crippen LogP contribution in [0.3, 0.4) is 0 Å². The normalized spacial score (nSPS) is 13.5. The predicted octanol–water partition coefficient (Wildman–Crippen LogP) is 3.82. The lowest BCUT2D eigenvalue weighted by atomic mass is 10.3. The second-order valence-corrected chi connectivity index (χ2v) is 6.56. The second kappa shape index (κ2) is 8.99. The zero-order chi connectivity index (χ0) is 21.7. The summed E-state index contributed by atoms with van der Waals surface area (Å²) >= 11 is 0. The van der Waals surface area contributed by atoms with Crippen molar-refractivity contribution in [3.63, 3.8) is 0 Å². The van der Waals surface area contributed by atoms with Gasteiger partial charge in [-0.1, -0.05) is 0 Å². The van der Waals surface area contributed by atoms with Crippen LogP contribution >= 0.6 is 0 Å². The molecule has 10 heteroatoms. The Labute approximate surface area is 165 Å². The Bertz CT molecular complexity index is 806. The molecule has 0 spiro atoms. The smallest absolute Gasteiger partial charge is 0.489 e. The van der Waals surface area contributed by atoms with Crippen LogP contribution in [0.1, 0.15) is 20.8 Å². The highest BCUT2D eigenvalue weighted by atomic mass is 19.4. The van der Waals surface area contributed by atoms with Crippen LogP contribution in [0, 0.1) is 0 Å². The van der Waals surface area contributed by atoms with Crippen LogP contribution in [0.4, 0.5) is 13.2 Å². The molecule has 0 radical (unpaired) electrons. The summed E-state index contributed by atoms with van der Waals surface area (Å²) in [5, 5.41) is 0. The van der Waals surface area contributed by atoms with E-state index in [2.05, 4.69) is 9.72 Å². The Morgan fingerprint density at radius 1 is 1.07 bits per heavy atom. The number of hydrogen-bond donors (Lipinski definition) is 1. The second-order valence-electron chi connectivity index (χ2n) is 6.56. The average molecular weight is 414 g/mol. The van der Waals surface area contributed by atoms with E-state index in [1.54, 1.807) is 24.3 Å². The van der Waals surface area contributed by atoms with E-state index in [1.165, 1.54) is 18.3 Å². The largest absolute Gasteiger partial charge is 0.490 e. The number of hydrogen-bond acceptors (Lipinski definition) is 7. The highest BCUT2D eigenvalue weighted by molar-refractivity contribution is 5.76. The van der Waals surface area contributed by atoms with Crippen LogP contribution in [0.25, 0.3) is 0 Å². The minimum Gasteiger partial charge on any atom is -0.489 e. The van der Waals surface area contributed by atoms with Crippen molar-refractivity contribution in [3.05, 3.63) is 42.6 Å². The summed E-state index contributed by atoms with van der Waals surface area (Å²) in [5.41, 5.74) is 3.57. The maximum absolute atomic E-state index is 12.2. The number of esters is 1. The van der Waals surface area contributed by atoms with Crippen LogP contribution in [0.5, 0.6) is 23.1 Å². The molecule has 0 bridgehead atoms. The van der Waals surface area contributed by atoms with Crippen molar-refractivity contribution in [3.8, 4) is 23.1 Å². The van der Waals surface area contributed by atoms with Gasteiger partial charge in [0.05, 0.1) is 12.3 Å². The summed E-state index contributed by atoms with van der Waals surface area (Å²) in [4.78, 5) is 15.0. The lowest BCUT2D eigenvalue weighted by molar-refractivity contribution is -0.214. The number of rotatable bonds is 8. The van der Waals surface area contributed by atoms with Crippen LogP contribution in [0.15, 0.2) is 42.6 Å². The topological polar surface area (TPSA) is 92.9 Å². The zero-order valence-electron chi connectivity index (χ0n) is 16.0. The molecule has 0 aliphatic heterocycles. The highest BCUT2D eigenvalue weighted by Crippen LogP contribution is 2.25. The van der Waals surface area contributed by atoms with Gasteiger partial charge < -0.3 is 18.9 Å². The van der Waals surface area contributed by atoms with Crippen molar-refractivity contribution >= 4 is 5.97 Å². The fourth-order valence-corrected chi connectivity index (χ4v) is 2.02. The van der Waals surface area contributed by atoms with Crippen molar-refractivity contribution in [1.29, 1.82) is 0 Å². The summed E-state index contributed by atoms with van der Waals surface area (Å²) in [6.45, 7) is 4.43. The van der Waals surface area contributed by atoms with E-state index in [1.807, 2.05) is 13.8 Å². The molecule has 1 aromatic heterocycles. The molecule has 0 aliphatic carbocycles. The number of halogens is 3. The lowest BCUT2D eigenvalue weighted by Gasteiger charge is -2.25. The molecule has 158 valence electrons. The molecule has 7 nitrogen and oxygen atoms in total. The number of nitrogens with two attached hydrogens (primary N) is 1. The summed E-state index contributed by atoms with van der Waals surface area (Å²) in [5.74, 6) is -0.658. The van der Waals surface area contributed by atoms with E-state index in [0.29, 0.717) is 23.1 Å². The van der Waals surface area contributed by atoms with Gasteiger partial charge in [0.25, 0.3) is 0 Å². The van der Waals surface area contributed by atoms with Crippen molar-refractivity contribution in [2.24, 2.45) is 5.73 Å². The quantitative estimate of drug-likeness (QED) is 0.518. The predicted molar refractivity (Wildman–Crippen MR) is 96.8 cm³/mol. The van der Waals surface area contributed by atoms with Crippen LogP contribution in [0.2, 0.25) is 0 Å². The third-order valence-electron chi connectivity index (χ3n) is 3.21. The molecule has 2 aromatic rings. The molecule has 1 heterocycles. The monoisotopic (exact) mass is 414 g/mol.